The van der Waals surface area contributed by atoms with Gasteiger partial charge in [-0.3, -0.25) is 5.32 Å². The molecule has 118 valence electrons. The summed E-state index contributed by atoms with van der Waals surface area (Å²) in [6, 6.07) is 6.79. The number of hydrogen-bond acceptors (Lipinski definition) is 5. The average molecular weight is 297 g/mol. The predicted molar refractivity (Wildman–Crippen MR) is 79.7 cm³/mol. The molecule has 6 nitrogen and oxygen atoms in total. The molecule has 0 aliphatic rings. The molecule has 0 radical (unpaired) electrons. The Kier molecular flexibility index (Phi) is 6.45. The first-order valence-corrected chi connectivity index (χ1v) is 6.70. The zero-order valence-electron chi connectivity index (χ0n) is 12.9. The molecule has 0 heterocycles. The number of aliphatic hydroxyl groups excluding tert-OH is 1. The van der Waals surface area contributed by atoms with E-state index in [1.807, 2.05) is 0 Å². The van der Waals surface area contributed by atoms with E-state index in [2.05, 4.69) is 5.32 Å². The van der Waals surface area contributed by atoms with Crippen LogP contribution in [0.25, 0.3) is 0 Å². The van der Waals surface area contributed by atoms with Gasteiger partial charge in [-0.15, -0.1) is 0 Å². The number of carbonyl (C=O) groups excluding carboxylic acids is 1. The van der Waals surface area contributed by atoms with Crippen LogP contribution in [0.2, 0.25) is 0 Å². The van der Waals surface area contributed by atoms with E-state index in [9.17, 15) is 9.90 Å². The molecule has 1 aromatic carbocycles. The van der Waals surface area contributed by atoms with Gasteiger partial charge in [-0.25, -0.2) is 4.79 Å². The normalized spacial score (nSPS) is 12.6. The minimum atomic E-state index is -0.672. The maximum Gasteiger partial charge on any atom is 0.412 e. The number of benzene rings is 1. The quantitative estimate of drug-likeness (QED) is 0.843. The summed E-state index contributed by atoms with van der Waals surface area (Å²) in [6.07, 6.45) is -1.18. The van der Waals surface area contributed by atoms with Gasteiger partial charge in [-0.05, 0) is 45.0 Å². The van der Waals surface area contributed by atoms with Gasteiger partial charge in [0.05, 0.1) is 6.61 Å². The van der Waals surface area contributed by atoms with Crippen molar-refractivity contribution in [2.45, 2.75) is 32.5 Å². The van der Waals surface area contributed by atoms with Gasteiger partial charge in [0, 0.05) is 12.8 Å². The fraction of sp³-hybridized carbons (Fsp3) is 0.533. The summed E-state index contributed by atoms with van der Waals surface area (Å²) in [5.74, 6) is 0.597. The molecule has 0 fully saturated rings. The number of hydrogen-bond donors (Lipinski definition) is 2. The summed E-state index contributed by atoms with van der Waals surface area (Å²) in [5.41, 5.74) is 0.0685. The SMILES string of the molecule is COCC(O)COc1ccc(NC(=O)OC(C)(C)C)cc1. The van der Waals surface area contributed by atoms with Gasteiger partial charge in [0.25, 0.3) is 0 Å². The molecule has 1 amide bonds. The van der Waals surface area contributed by atoms with Crippen LogP contribution in [0.1, 0.15) is 20.8 Å². The van der Waals surface area contributed by atoms with Crippen LogP contribution < -0.4 is 10.1 Å². The van der Waals surface area contributed by atoms with Crippen molar-refractivity contribution in [2.24, 2.45) is 0 Å². The third-order valence-corrected chi connectivity index (χ3v) is 2.30. The number of rotatable bonds is 6. The van der Waals surface area contributed by atoms with E-state index in [0.29, 0.717) is 11.4 Å². The number of aliphatic hydroxyl groups is 1. The fourth-order valence-electron chi connectivity index (χ4n) is 1.49. The highest BCUT2D eigenvalue weighted by atomic mass is 16.6. The molecule has 6 heteroatoms. The first-order valence-electron chi connectivity index (χ1n) is 6.70. The van der Waals surface area contributed by atoms with E-state index in [0.717, 1.165) is 0 Å². The number of ether oxygens (including phenoxy) is 3. The van der Waals surface area contributed by atoms with E-state index >= 15 is 0 Å². The summed E-state index contributed by atoms with van der Waals surface area (Å²) in [7, 11) is 1.51. The lowest BCUT2D eigenvalue weighted by Gasteiger charge is -2.19. The van der Waals surface area contributed by atoms with Gasteiger partial charge >= 0.3 is 6.09 Å². The molecule has 2 N–H and O–H groups in total. The lowest BCUT2D eigenvalue weighted by molar-refractivity contribution is 0.0325. The van der Waals surface area contributed by atoms with Crippen molar-refractivity contribution in [3.63, 3.8) is 0 Å². The van der Waals surface area contributed by atoms with E-state index in [4.69, 9.17) is 14.2 Å². The summed E-state index contributed by atoms with van der Waals surface area (Å²) in [4.78, 5) is 11.6. The number of methoxy groups -OCH3 is 1. The number of amides is 1. The summed E-state index contributed by atoms with van der Waals surface area (Å²) >= 11 is 0. The molecular formula is C15H23NO5. The van der Waals surface area contributed by atoms with Gasteiger partial charge in [0.15, 0.2) is 0 Å². The molecule has 1 unspecified atom stereocenters. The van der Waals surface area contributed by atoms with Gasteiger partial charge in [-0.1, -0.05) is 0 Å². The summed E-state index contributed by atoms with van der Waals surface area (Å²) in [5, 5.41) is 12.1. The van der Waals surface area contributed by atoms with Crippen LogP contribution in [0.15, 0.2) is 24.3 Å². The molecule has 1 rings (SSSR count). The second kappa shape index (κ2) is 7.85. The van der Waals surface area contributed by atoms with Crippen molar-refractivity contribution in [1.29, 1.82) is 0 Å². The fourth-order valence-corrected chi connectivity index (χ4v) is 1.49. The number of nitrogens with one attached hydrogen (secondary N) is 1. The highest BCUT2D eigenvalue weighted by molar-refractivity contribution is 5.84. The molecule has 0 spiro atoms. The minimum Gasteiger partial charge on any atom is -0.491 e. The molecule has 0 aromatic heterocycles. The smallest absolute Gasteiger partial charge is 0.412 e. The standard InChI is InChI=1S/C15H23NO5/c1-15(2,3)21-14(18)16-11-5-7-13(8-6-11)20-10-12(17)9-19-4/h5-8,12,17H,9-10H2,1-4H3,(H,16,18). The van der Waals surface area contributed by atoms with Gasteiger partial charge in [-0.2, -0.15) is 0 Å². The zero-order chi connectivity index (χ0) is 15.9. The van der Waals surface area contributed by atoms with Crippen molar-refractivity contribution < 1.29 is 24.1 Å². The Morgan fingerprint density at radius 3 is 2.38 bits per heavy atom. The third kappa shape index (κ3) is 7.53. The Bertz CT molecular complexity index is 438. The van der Waals surface area contributed by atoms with Crippen LogP contribution in [0.4, 0.5) is 10.5 Å². The Labute approximate surface area is 125 Å². The highest BCUT2D eigenvalue weighted by Crippen LogP contribution is 2.17. The van der Waals surface area contributed by atoms with Crippen molar-refractivity contribution in [1.82, 2.24) is 0 Å². The van der Waals surface area contributed by atoms with Crippen LogP contribution in [0.5, 0.6) is 5.75 Å². The van der Waals surface area contributed by atoms with E-state index in [-0.39, 0.29) is 13.2 Å². The Hall–Kier alpha value is -1.79. The first kappa shape index (κ1) is 17.3. The number of anilines is 1. The lowest BCUT2D eigenvalue weighted by Crippen LogP contribution is -2.27. The van der Waals surface area contributed by atoms with E-state index in [1.54, 1.807) is 45.0 Å². The van der Waals surface area contributed by atoms with Crippen molar-refractivity contribution in [3.8, 4) is 5.75 Å². The van der Waals surface area contributed by atoms with Crippen molar-refractivity contribution >= 4 is 11.8 Å². The average Bonchev–Trinajstić information content (AvgIpc) is 2.36. The van der Waals surface area contributed by atoms with Crippen LogP contribution in [0, 0.1) is 0 Å². The largest absolute Gasteiger partial charge is 0.491 e. The summed E-state index contributed by atoms with van der Waals surface area (Å²) in [6.45, 7) is 5.77. The monoisotopic (exact) mass is 297 g/mol. The van der Waals surface area contributed by atoms with Crippen LogP contribution in [-0.2, 0) is 9.47 Å². The molecule has 0 aliphatic heterocycles. The molecule has 1 aromatic rings. The molecule has 0 saturated carbocycles. The topological polar surface area (TPSA) is 77.0 Å². The van der Waals surface area contributed by atoms with Crippen LogP contribution in [-0.4, -0.2) is 43.2 Å². The molecule has 1 atom stereocenters. The first-order chi connectivity index (χ1) is 9.80. The molecule has 0 bridgehead atoms. The number of carbonyl (C=O) groups is 1. The molecule has 0 saturated heterocycles. The summed E-state index contributed by atoms with van der Waals surface area (Å²) < 4.78 is 15.3. The third-order valence-electron chi connectivity index (χ3n) is 2.30. The Morgan fingerprint density at radius 1 is 1.24 bits per heavy atom. The molecular weight excluding hydrogens is 274 g/mol. The second-order valence-corrected chi connectivity index (χ2v) is 5.57. The second-order valence-electron chi connectivity index (χ2n) is 5.57. The molecule has 0 aliphatic carbocycles. The van der Waals surface area contributed by atoms with Gasteiger partial charge in [0.2, 0.25) is 0 Å². The van der Waals surface area contributed by atoms with Crippen molar-refractivity contribution in [3.05, 3.63) is 24.3 Å². The molecule has 21 heavy (non-hydrogen) atoms. The van der Waals surface area contributed by atoms with Crippen LogP contribution in [0.3, 0.4) is 0 Å². The maximum absolute atomic E-state index is 11.6. The Morgan fingerprint density at radius 2 is 1.86 bits per heavy atom. The van der Waals surface area contributed by atoms with Crippen LogP contribution >= 0.6 is 0 Å². The predicted octanol–water partition coefficient (Wildman–Crippen LogP) is 2.42. The van der Waals surface area contributed by atoms with E-state index < -0.39 is 17.8 Å². The lowest BCUT2D eigenvalue weighted by atomic mass is 10.2. The van der Waals surface area contributed by atoms with Gasteiger partial charge < -0.3 is 19.3 Å². The Balaban J connectivity index is 2.45. The zero-order valence-corrected chi connectivity index (χ0v) is 12.9. The minimum absolute atomic E-state index is 0.146. The maximum atomic E-state index is 11.6. The highest BCUT2D eigenvalue weighted by Gasteiger charge is 2.16. The van der Waals surface area contributed by atoms with Crippen molar-refractivity contribution in [2.75, 3.05) is 25.6 Å². The van der Waals surface area contributed by atoms with Gasteiger partial charge in [0.1, 0.15) is 24.1 Å². The van der Waals surface area contributed by atoms with E-state index in [1.165, 1.54) is 7.11 Å².